The number of halogens is 3. The molecule has 0 fully saturated rings. The second-order valence-corrected chi connectivity index (χ2v) is 5.18. The van der Waals surface area contributed by atoms with Gasteiger partial charge in [-0.15, -0.1) is 0 Å². The molecule has 0 radical (unpaired) electrons. The van der Waals surface area contributed by atoms with Crippen molar-refractivity contribution in [1.82, 2.24) is 0 Å². The zero-order chi connectivity index (χ0) is 15.5. The summed E-state index contributed by atoms with van der Waals surface area (Å²) >= 11 is 0. The normalized spacial score (nSPS) is 11.7. The number of para-hydroxylation sites is 1. The lowest BCUT2D eigenvalue weighted by atomic mass is 10.0. The van der Waals surface area contributed by atoms with Crippen molar-refractivity contribution in [2.24, 2.45) is 0 Å². The fourth-order valence-electron chi connectivity index (χ4n) is 2.04. The summed E-state index contributed by atoms with van der Waals surface area (Å²) in [5.41, 5.74) is 1.15. The molecule has 4 heteroatoms. The van der Waals surface area contributed by atoms with Crippen molar-refractivity contribution in [2.45, 2.75) is 32.5 Å². The summed E-state index contributed by atoms with van der Waals surface area (Å²) in [7, 11) is 0. The molecule has 0 aliphatic rings. The quantitative estimate of drug-likeness (QED) is 0.732. The Kier molecular flexibility index (Phi) is 4.56. The Bertz CT molecular complexity index is 586. The standard InChI is InChI=1S/C17H17F3O/c1-12(2)15-5-3-4-6-16(15)21-11-13-7-9-14(10-8-13)17(18,19)20/h3-10,12H,11H2,1-2H3. The highest BCUT2D eigenvalue weighted by molar-refractivity contribution is 5.36. The highest BCUT2D eigenvalue weighted by atomic mass is 19.4. The highest BCUT2D eigenvalue weighted by Gasteiger charge is 2.29. The molecule has 0 aliphatic heterocycles. The lowest BCUT2D eigenvalue weighted by Gasteiger charge is -2.14. The van der Waals surface area contributed by atoms with Gasteiger partial charge >= 0.3 is 6.18 Å². The van der Waals surface area contributed by atoms with E-state index >= 15 is 0 Å². The van der Waals surface area contributed by atoms with Crippen LogP contribution in [0.3, 0.4) is 0 Å². The summed E-state index contributed by atoms with van der Waals surface area (Å²) in [5.74, 6) is 1.10. The number of hydrogen-bond acceptors (Lipinski definition) is 1. The fourth-order valence-corrected chi connectivity index (χ4v) is 2.04. The molecule has 0 aromatic heterocycles. The second-order valence-electron chi connectivity index (χ2n) is 5.18. The third-order valence-electron chi connectivity index (χ3n) is 3.22. The van der Waals surface area contributed by atoms with Crippen LogP contribution in [-0.2, 0) is 12.8 Å². The van der Waals surface area contributed by atoms with Crippen LogP contribution >= 0.6 is 0 Å². The van der Waals surface area contributed by atoms with Crippen LogP contribution in [0.2, 0.25) is 0 Å². The average molecular weight is 294 g/mol. The van der Waals surface area contributed by atoms with E-state index in [1.807, 2.05) is 24.3 Å². The van der Waals surface area contributed by atoms with E-state index in [2.05, 4.69) is 13.8 Å². The van der Waals surface area contributed by atoms with Gasteiger partial charge in [0.25, 0.3) is 0 Å². The van der Waals surface area contributed by atoms with Gasteiger partial charge in [0.2, 0.25) is 0 Å². The molecule has 0 saturated carbocycles. The summed E-state index contributed by atoms with van der Waals surface area (Å²) < 4.78 is 43.2. The van der Waals surface area contributed by atoms with Gasteiger partial charge in [0.15, 0.2) is 0 Å². The summed E-state index contributed by atoms with van der Waals surface area (Å²) in [6, 6.07) is 12.7. The Labute approximate surface area is 122 Å². The summed E-state index contributed by atoms with van der Waals surface area (Å²) in [4.78, 5) is 0. The average Bonchev–Trinajstić information content (AvgIpc) is 2.45. The van der Waals surface area contributed by atoms with Crippen molar-refractivity contribution in [3.05, 3.63) is 65.2 Å². The molecule has 1 nitrogen and oxygen atoms in total. The predicted molar refractivity (Wildman–Crippen MR) is 76.3 cm³/mol. The molecule has 2 rings (SSSR count). The Morgan fingerprint density at radius 2 is 1.57 bits per heavy atom. The molecule has 112 valence electrons. The largest absolute Gasteiger partial charge is 0.489 e. The van der Waals surface area contributed by atoms with E-state index in [0.29, 0.717) is 11.5 Å². The zero-order valence-electron chi connectivity index (χ0n) is 11.9. The Morgan fingerprint density at radius 1 is 0.952 bits per heavy atom. The first kappa shape index (κ1) is 15.4. The molecular weight excluding hydrogens is 277 g/mol. The van der Waals surface area contributed by atoms with Gasteiger partial charge in [-0.2, -0.15) is 13.2 Å². The van der Waals surface area contributed by atoms with Gasteiger partial charge in [0, 0.05) is 0 Å². The molecule has 2 aromatic carbocycles. The first-order valence-electron chi connectivity index (χ1n) is 6.76. The van der Waals surface area contributed by atoms with E-state index in [1.54, 1.807) is 0 Å². The van der Waals surface area contributed by atoms with Crippen LogP contribution in [0.5, 0.6) is 5.75 Å². The smallest absolute Gasteiger partial charge is 0.416 e. The van der Waals surface area contributed by atoms with Crippen LogP contribution in [0.15, 0.2) is 48.5 Å². The number of rotatable bonds is 4. The van der Waals surface area contributed by atoms with E-state index in [-0.39, 0.29) is 6.61 Å². The summed E-state index contributed by atoms with van der Waals surface area (Å²) in [6.45, 7) is 4.39. The molecule has 0 unspecified atom stereocenters. The van der Waals surface area contributed by atoms with Crippen molar-refractivity contribution in [2.75, 3.05) is 0 Å². The van der Waals surface area contributed by atoms with E-state index in [1.165, 1.54) is 12.1 Å². The number of benzene rings is 2. The zero-order valence-corrected chi connectivity index (χ0v) is 11.9. The molecule has 0 bridgehead atoms. The SMILES string of the molecule is CC(C)c1ccccc1OCc1ccc(C(F)(F)F)cc1. The van der Waals surface area contributed by atoms with E-state index in [9.17, 15) is 13.2 Å². The molecule has 0 N–H and O–H groups in total. The molecule has 2 aromatic rings. The van der Waals surface area contributed by atoms with Crippen LogP contribution in [0.1, 0.15) is 36.5 Å². The van der Waals surface area contributed by atoms with Gasteiger partial charge in [-0.05, 0) is 35.2 Å². The molecule has 0 spiro atoms. The lowest BCUT2D eigenvalue weighted by molar-refractivity contribution is -0.137. The van der Waals surface area contributed by atoms with Gasteiger partial charge < -0.3 is 4.74 Å². The second kappa shape index (κ2) is 6.20. The first-order valence-corrected chi connectivity index (χ1v) is 6.76. The van der Waals surface area contributed by atoms with Gasteiger partial charge in [-0.3, -0.25) is 0 Å². The van der Waals surface area contributed by atoms with Gasteiger partial charge in [0.05, 0.1) is 5.56 Å². The Hall–Kier alpha value is -1.97. The summed E-state index contributed by atoms with van der Waals surface area (Å²) in [5, 5.41) is 0. The lowest BCUT2D eigenvalue weighted by Crippen LogP contribution is -2.05. The van der Waals surface area contributed by atoms with E-state index in [4.69, 9.17) is 4.74 Å². The predicted octanol–water partition coefficient (Wildman–Crippen LogP) is 5.41. The molecular formula is C17H17F3O. The molecule has 0 atom stereocenters. The number of ether oxygens (including phenoxy) is 1. The maximum atomic E-state index is 12.5. The van der Waals surface area contributed by atoms with Crippen molar-refractivity contribution in [3.63, 3.8) is 0 Å². The molecule has 0 amide bonds. The highest BCUT2D eigenvalue weighted by Crippen LogP contribution is 2.30. The topological polar surface area (TPSA) is 9.23 Å². The molecule has 0 saturated heterocycles. The van der Waals surface area contributed by atoms with Crippen LogP contribution in [0, 0.1) is 0 Å². The van der Waals surface area contributed by atoms with Crippen LogP contribution in [-0.4, -0.2) is 0 Å². The van der Waals surface area contributed by atoms with E-state index < -0.39 is 11.7 Å². The van der Waals surface area contributed by atoms with E-state index in [0.717, 1.165) is 23.4 Å². The van der Waals surface area contributed by atoms with Crippen LogP contribution in [0.25, 0.3) is 0 Å². The third kappa shape index (κ3) is 4.00. The van der Waals surface area contributed by atoms with Crippen molar-refractivity contribution in [3.8, 4) is 5.75 Å². The molecule has 0 aliphatic carbocycles. The fraction of sp³-hybridized carbons (Fsp3) is 0.294. The van der Waals surface area contributed by atoms with Crippen molar-refractivity contribution >= 4 is 0 Å². The van der Waals surface area contributed by atoms with Crippen LogP contribution < -0.4 is 4.74 Å². The minimum Gasteiger partial charge on any atom is -0.489 e. The minimum atomic E-state index is -4.30. The minimum absolute atomic E-state index is 0.252. The first-order chi connectivity index (χ1) is 9.88. The monoisotopic (exact) mass is 294 g/mol. The number of hydrogen-bond donors (Lipinski definition) is 0. The maximum Gasteiger partial charge on any atom is 0.416 e. The Morgan fingerprint density at radius 3 is 2.14 bits per heavy atom. The summed E-state index contributed by atoms with van der Waals surface area (Å²) in [6.07, 6.45) is -4.30. The number of alkyl halides is 3. The molecule has 0 heterocycles. The van der Waals surface area contributed by atoms with Crippen LogP contribution in [0.4, 0.5) is 13.2 Å². The van der Waals surface area contributed by atoms with Gasteiger partial charge in [-0.1, -0.05) is 44.2 Å². The van der Waals surface area contributed by atoms with Crippen molar-refractivity contribution < 1.29 is 17.9 Å². The molecule has 21 heavy (non-hydrogen) atoms. The third-order valence-corrected chi connectivity index (χ3v) is 3.22. The van der Waals surface area contributed by atoms with Gasteiger partial charge in [0.1, 0.15) is 12.4 Å². The van der Waals surface area contributed by atoms with Gasteiger partial charge in [-0.25, -0.2) is 0 Å². The maximum absolute atomic E-state index is 12.5. The Balaban J connectivity index is 2.07. The van der Waals surface area contributed by atoms with Crippen molar-refractivity contribution in [1.29, 1.82) is 0 Å².